The second-order valence-corrected chi connectivity index (χ2v) is 19.9. The molecule has 1 unspecified atom stereocenters. The maximum atomic E-state index is 12.3. The fourth-order valence-corrected chi connectivity index (χ4v) is 15.2. The molecule has 1 fully saturated rings. The van der Waals surface area contributed by atoms with Crippen molar-refractivity contribution in [2.24, 2.45) is 0 Å². The minimum absolute atomic E-state index is 0. The number of morpholine rings is 1. The van der Waals surface area contributed by atoms with Gasteiger partial charge in [0.25, 0.3) is 0 Å². The average molecular weight is 374 g/mol. The topological polar surface area (TPSA) is 52.6 Å². The monoisotopic (exact) mass is 375 g/mol. The van der Waals surface area contributed by atoms with Crippen molar-refractivity contribution in [3.05, 3.63) is 0 Å². The summed E-state index contributed by atoms with van der Waals surface area (Å²) in [5.41, 5.74) is 0. The SMILES string of the molecule is C[CH2][Ge]([CH2]C)([CH2]C)[CH2]CP(=O)([O-])CN1CCOCC1.[Na+]. The summed E-state index contributed by atoms with van der Waals surface area (Å²) in [5, 5.41) is 4.76. The minimum atomic E-state index is -3.23. The summed E-state index contributed by atoms with van der Waals surface area (Å²) >= 11 is -1.84. The molecule has 0 radical (unpaired) electrons. The van der Waals surface area contributed by atoms with Gasteiger partial charge in [-0.25, -0.2) is 0 Å². The zero-order valence-electron chi connectivity index (χ0n) is 13.7. The van der Waals surface area contributed by atoms with E-state index in [4.69, 9.17) is 4.74 Å². The summed E-state index contributed by atoms with van der Waals surface area (Å²) in [6.07, 6.45) is 0.686. The largest absolute Gasteiger partial charge is 1.00 e. The molecule has 0 aromatic carbocycles. The molecule has 1 rings (SSSR count). The molecule has 0 N–H and O–H groups in total. The number of ether oxygens (including phenoxy) is 1. The van der Waals surface area contributed by atoms with E-state index in [-0.39, 0.29) is 35.8 Å². The molecule has 0 bridgehead atoms. The van der Waals surface area contributed by atoms with Crippen LogP contribution in [0.15, 0.2) is 0 Å². The Labute approximate surface area is 149 Å². The van der Waals surface area contributed by atoms with E-state index >= 15 is 0 Å². The van der Waals surface area contributed by atoms with E-state index in [2.05, 4.69) is 20.8 Å². The van der Waals surface area contributed by atoms with Crippen LogP contribution in [0.5, 0.6) is 0 Å². The molecule has 1 aliphatic rings. The number of nitrogens with zero attached hydrogens (tertiary/aromatic N) is 1. The molecular formula is C13H29GeNNaO3P. The Hall–Kier alpha value is 1.65. The zero-order valence-corrected chi connectivity index (χ0v) is 18.7. The van der Waals surface area contributed by atoms with Gasteiger partial charge < -0.3 is 0 Å². The molecule has 1 heterocycles. The number of rotatable bonds is 8. The summed E-state index contributed by atoms with van der Waals surface area (Å²) in [6.45, 7) is 9.61. The third-order valence-electron chi connectivity index (χ3n) is 4.75. The molecule has 4 nitrogen and oxygen atoms in total. The van der Waals surface area contributed by atoms with Crippen LogP contribution in [0, 0.1) is 0 Å². The Morgan fingerprint density at radius 2 is 1.65 bits per heavy atom. The summed E-state index contributed by atoms with van der Waals surface area (Å²) < 4.78 is 17.5. The first kappa shape index (κ1) is 21.7. The van der Waals surface area contributed by atoms with Crippen LogP contribution in [-0.4, -0.2) is 56.9 Å². The first-order valence-corrected chi connectivity index (χ1v) is 15.5. The average Bonchev–Trinajstić information content (AvgIpc) is 2.41. The maximum absolute atomic E-state index is 12.3. The smallest absolute Gasteiger partial charge is 1.00 e. The molecule has 1 atom stereocenters. The predicted octanol–water partition coefficient (Wildman–Crippen LogP) is -0.573. The first-order chi connectivity index (χ1) is 8.97. The Morgan fingerprint density at radius 1 is 1.15 bits per heavy atom. The van der Waals surface area contributed by atoms with Crippen LogP contribution in [0.2, 0.25) is 21.0 Å². The fraction of sp³-hybridized carbons (Fsp3) is 1.00. The molecule has 0 aromatic heterocycles. The summed E-state index contributed by atoms with van der Waals surface area (Å²) in [5.74, 6) is 0. The van der Waals surface area contributed by atoms with Gasteiger partial charge in [0.2, 0.25) is 0 Å². The van der Waals surface area contributed by atoms with Crippen molar-refractivity contribution >= 4 is 20.6 Å². The predicted molar refractivity (Wildman–Crippen MR) is 81.7 cm³/mol. The molecule has 7 heteroatoms. The van der Waals surface area contributed by atoms with Crippen molar-refractivity contribution in [1.82, 2.24) is 4.90 Å². The fourth-order valence-electron chi connectivity index (χ4n) is 2.81. The molecule has 0 aromatic rings. The van der Waals surface area contributed by atoms with E-state index in [0.29, 0.717) is 19.4 Å². The second-order valence-electron chi connectivity index (χ2n) is 5.72. The van der Waals surface area contributed by atoms with E-state index in [1.165, 1.54) is 15.8 Å². The van der Waals surface area contributed by atoms with E-state index in [9.17, 15) is 9.46 Å². The third kappa shape index (κ3) is 7.28. The summed E-state index contributed by atoms with van der Waals surface area (Å²) in [7, 11) is -3.23. The molecule has 0 spiro atoms. The van der Waals surface area contributed by atoms with Crippen LogP contribution in [0.3, 0.4) is 0 Å². The van der Waals surface area contributed by atoms with Crippen molar-refractivity contribution in [2.45, 2.75) is 41.8 Å². The van der Waals surface area contributed by atoms with Crippen molar-refractivity contribution in [1.29, 1.82) is 0 Å². The normalized spacial score (nSPS) is 20.2. The van der Waals surface area contributed by atoms with Crippen molar-refractivity contribution in [2.75, 3.05) is 38.8 Å². The first-order valence-electron chi connectivity index (χ1n) is 7.56. The van der Waals surface area contributed by atoms with E-state index in [1.807, 2.05) is 4.90 Å². The van der Waals surface area contributed by atoms with E-state index in [1.54, 1.807) is 0 Å². The number of hydrogen-bond acceptors (Lipinski definition) is 4. The van der Waals surface area contributed by atoms with Gasteiger partial charge >= 0.3 is 150 Å². The van der Waals surface area contributed by atoms with Gasteiger partial charge in [-0.15, -0.1) is 0 Å². The minimum Gasteiger partial charge on any atom is 1.00 e. The molecular weight excluding hydrogens is 345 g/mol. The van der Waals surface area contributed by atoms with Gasteiger partial charge in [0.1, 0.15) is 0 Å². The maximum Gasteiger partial charge on any atom is 1.00 e. The molecule has 0 amide bonds. The Balaban J connectivity index is 0.00000361. The van der Waals surface area contributed by atoms with Crippen molar-refractivity contribution in [3.63, 3.8) is 0 Å². The van der Waals surface area contributed by atoms with Gasteiger partial charge in [0.15, 0.2) is 0 Å². The van der Waals surface area contributed by atoms with Crippen molar-refractivity contribution in [3.8, 4) is 0 Å². The summed E-state index contributed by atoms with van der Waals surface area (Å²) in [4.78, 5) is 14.3. The van der Waals surface area contributed by atoms with Gasteiger partial charge in [-0.2, -0.15) is 0 Å². The molecule has 1 saturated heterocycles. The molecule has 1 aliphatic heterocycles. The molecule has 114 valence electrons. The van der Waals surface area contributed by atoms with Crippen LogP contribution in [0.4, 0.5) is 0 Å². The van der Waals surface area contributed by atoms with Crippen LogP contribution < -0.4 is 34.5 Å². The van der Waals surface area contributed by atoms with Crippen LogP contribution in [-0.2, 0) is 9.30 Å². The molecule has 20 heavy (non-hydrogen) atoms. The van der Waals surface area contributed by atoms with Crippen LogP contribution in [0.25, 0.3) is 0 Å². The van der Waals surface area contributed by atoms with Crippen molar-refractivity contribution < 1.29 is 43.8 Å². The van der Waals surface area contributed by atoms with E-state index < -0.39 is 20.6 Å². The van der Waals surface area contributed by atoms with Gasteiger partial charge in [0.05, 0.1) is 0 Å². The van der Waals surface area contributed by atoms with Gasteiger partial charge in [-0.3, -0.25) is 0 Å². The van der Waals surface area contributed by atoms with Gasteiger partial charge in [-0.05, 0) is 0 Å². The van der Waals surface area contributed by atoms with E-state index in [0.717, 1.165) is 18.3 Å². The van der Waals surface area contributed by atoms with Crippen LogP contribution >= 0.6 is 7.37 Å². The van der Waals surface area contributed by atoms with Crippen LogP contribution in [0.1, 0.15) is 20.8 Å². The number of hydrogen-bond donors (Lipinski definition) is 0. The van der Waals surface area contributed by atoms with Gasteiger partial charge in [-0.1, -0.05) is 0 Å². The Kier molecular flexibility index (Phi) is 11.3. The Bertz CT molecular complexity index is 302. The quantitative estimate of drug-likeness (QED) is 0.422. The second kappa shape index (κ2) is 10.4. The standard InChI is InChI=1S/C13H30GeNO3P.Na/c1-4-14(5-2,6-3)7-12-19(16,17)13-15-8-10-18-11-9-15;/h4-13H2,1-3H3,(H,16,17);/q;+1/p-1. The Morgan fingerprint density at radius 3 is 2.10 bits per heavy atom. The molecule has 0 saturated carbocycles. The zero-order chi connectivity index (χ0) is 14.4. The third-order valence-corrected chi connectivity index (χ3v) is 19.6. The summed E-state index contributed by atoms with van der Waals surface area (Å²) in [6, 6.07) is 0. The molecule has 0 aliphatic carbocycles. The van der Waals surface area contributed by atoms with Gasteiger partial charge in [0, 0.05) is 0 Å².